The van der Waals surface area contributed by atoms with E-state index in [4.69, 9.17) is 16.6 Å². The number of anilines is 1. The molecule has 5 heteroatoms. The largest absolute Gasteiger partial charge is 0.394 e. The molecule has 1 unspecified atom stereocenters. The predicted octanol–water partition coefficient (Wildman–Crippen LogP) is -0.358. The van der Waals surface area contributed by atoms with Crippen LogP contribution >= 0.6 is 0 Å². The van der Waals surface area contributed by atoms with Crippen molar-refractivity contribution >= 4 is 12.1 Å². The molecule has 0 saturated heterocycles. The molecule has 1 atom stereocenters. The molecule has 0 aromatic carbocycles. The van der Waals surface area contributed by atoms with Gasteiger partial charge in [-0.1, -0.05) is 0 Å². The van der Waals surface area contributed by atoms with Crippen molar-refractivity contribution in [3.63, 3.8) is 0 Å². The number of hydrogen-bond donors (Lipinski definition) is 3. The fourth-order valence-corrected chi connectivity index (χ4v) is 0.990. The van der Waals surface area contributed by atoms with Crippen LogP contribution in [0.15, 0.2) is 12.3 Å². The van der Waals surface area contributed by atoms with Crippen LogP contribution in [0.4, 0.5) is 5.82 Å². The normalized spacial score (nSPS) is 14.8. The summed E-state index contributed by atoms with van der Waals surface area (Å²) in [6.07, 6.45) is 2.07. The summed E-state index contributed by atoms with van der Waals surface area (Å²) in [5.41, 5.74) is 11.2. The number of aliphatic hydroxyl groups excluding tert-OH is 1. The average molecular weight is 195 g/mol. The number of carbonyl (C=O) groups is 1. The summed E-state index contributed by atoms with van der Waals surface area (Å²) in [6.45, 7) is 1.42. The first-order chi connectivity index (χ1) is 6.51. The summed E-state index contributed by atoms with van der Waals surface area (Å²) in [7, 11) is 0. The third-order valence-corrected chi connectivity index (χ3v) is 2.06. The first kappa shape index (κ1) is 10.6. The van der Waals surface area contributed by atoms with Gasteiger partial charge in [0, 0.05) is 6.20 Å². The lowest BCUT2D eigenvalue weighted by Crippen LogP contribution is -2.37. The third kappa shape index (κ3) is 1.89. The number of nitrogens with two attached hydrogens (primary N) is 2. The second kappa shape index (κ2) is 3.73. The first-order valence-corrected chi connectivity index (χ1v) is 4.12. The minimum Gasteiger partial charge on any atom is -0.394 e. The van der Waals surface area contributed by atoms with E-state index in [-0.39, 0.29) is 18.0 Å². The Morgan fingerprint density at radius 1 is 1.71 bits per heavy atom. The quantitative estimate of drug-likeness (QED) is 0.572. The summed E-state index contributed by atoms with van der Waals surface area (Å²) in [6, 6.07) is 1.53. The molecule has 0 aliphatic heterocycles. The molecular weight excluding hydrogens is 182 g/mol. The summed E-state index contributed by atoms with van der Waals surface area (Å²) < 4.78 is 0. The van der Waals surface area contributed by atoms with E-state index in [1.54, 1.807) is 6.92 Å². The topological polar surface area (TPSA) is 102 Å². The summed E-state index contributed by atoms with van der Waals surface area (Å²) in [4.78, 5) is 14.4. The molecule has 76 valence electrons. The minimum absolute atomic E-state index is 0.164. The molecular formula is C9H13N3O2. The number of pyridine rings is 1. The van der Waals surface area contributed by atoms with Crippen LogP contribution in [-0.2, 0) is 5.54 Å². The molecule has 5 N–H and O–H groups in total. The van der Waals surface area contributed by atoms with Gasteiger partial charge >= 0.3 is 0 Å². The van der Waals surface area contributed by atoms with Gasteiger partial charge in [-0.15, -0.1) is 0 Å². The lowest BCUT2D eigenvalue weighted by atomic mass is 9.95. The molecule has 1 heterocycles. The van der Waals surface area contributed by atoms with Crippen molar-refractivity contribution in [2.75, 3.05) is 12.3 Å². The van der Waals surface area contributed by atoms with Crippen molar-refractivity contribution in [3.8, 4) is 0 Å². The van der Waals surface area contributed by atoms with E-state index < -0.39 is 5.54 Å². The smallest absolute Gasteiger partial charge is 0.153 e. The van der Waals surface area contributed by atoms with E-state index in [2.05, 4.69) is 4.98 Å². The number of carbonyl (C=O) groups excluding carboxylic acids is 1. The Kier molecular flexibility index (Phi) is 2.83. The maximum absolute atomic E-state index is 10.6. The first-order valence-electron chi connectivity index (χ1n) is 4.12. The fourth-order valence-electron chi connectivity index (χ4n) is 0.990. The Labute approximate surface area is 81.7 Å². The second-order valence-corrected chi connectivity index (χ2v) is 3.39. The average Bonchev–Trinajstić information content (AvgIpc) is 2.18. The Morgan fingerprint density at radius 2 is 2.36 bits per heavy atom. The molecule has 0 amide bonds. The Bertz CT molecular complexity index is 350. The van der Waals surface area contributed by atoms with Crippen molar-refractivity contribution < 1.29 is 9.90 Å². The molecule has 0 bridgehead atoms. The summed E-state index contributed by atoms with van der Waals surface area (Å²) in [5.74, 6) is 0.164. The zero-order valence-electron chi connectivity index (χ0n) is 7.90. The lowest BCUT2D eigenvalue weighted by Gasteiger charge is -2.22. The molecule has 0 radical (unpaired) electrons. The van der Waals surface area contributed by atoms with Gasteiger partial charge in [-0.2, -0.15) is 0 Å². The standard InChI is InChI=1S/C9H13N3O2/c1-9(11,5-14)7-2-6(4-13)8(10)12-3-7/h2-4,14H,5,11H2,1H3,(H2,10,12). The Hall–Kier alpha value is -1.46. The molecule has 0 aliphatic rings. The van der Waals surface area contributed by atoms with Gasteiger partial charge < -0.3 is 16.6 Å². The van der Waals surface area contributed by atoms with Crippen LogP contribution in [0, 0.1) is 0 Å². The highest BCUT2D eigenvalue weighted by Crippen LogP contribution is 2.18. The van der Waals surface area contributed by atoms with Gasteiger partial charge in [0.25, 0.3) is 0 Å². The molecule has 0 spiro atoms. The summed E-state index contributed by atoms with van der Waals surface area (Å²) in [5, 5.41) is 9.01. The van der Waals surface area contributed by atoms with Crippen LogP contribution in [0.1, 0.15) is 22.8 Å². The number of aliphatic hydroxyl groups is 1. The SMILES string of the molecule is CC(N)(CO)c1cnc(N)c(C=O)c1. The van der Waals surface area contributed by atoms with Gasteiger partial charge in [0.2, 0.25) is 0 Å². The zero-order chi connectivity index (χ0) is 10.8. The highest BCUT2D eigenvalue weighted by Gasteiger charge is 2.21. The van der Waals surface area contributed by atoms with Gasteiger partial charge in [-0.25, -0.2) is 4.98 Å². The maximum atomic E-state index is 10.6. The number of nitrogens with zero attached hydrogens (tertiary/aromatic N) is 1. The fraction of sp³-hybridized carbons (Fsp3) is 0.333. The highest BCUT2D eigenvalue weighted by molar-refractivity contribution is 5.81. The Balaban J connectivity index is 3.19. The number of hydrogen-bond acceptors (Lipinski definition) is 5. The maximum Gasteiger partial charge on any atom is 0.153 e. The Morgan fingerprint density at radius 3 is 2.86 bits per heavy atom. The van der Waals surface area contributed by atoms with Crippen molar-refractivity contribution in [1.29, 1.82) is 0 Å². The number of rotatable bonds is 3. The van der Waals surface area contributed by atoms with Gasteiger partial charge in [0.15, 0.2) is 6.29 Å². The lowest BCUT2D eigenvalue weighted by molar-refractivity contribution is 0.112. The predicted molar refractivity (Wildman–Crippen MR) is 52.7 cm³/mol. The molecule has 0 aliphatic carbocycles. The van der Waals surface area contributed by atoms with Crippen LogP contribution in [-0.4, -0.2) is 23.0 Å². The monoisotopic (exact) mass is 195 g/mol. The molecule has 1 aromatic rings. The van der Waals surface area contributed by atoms with E-state index in [1.807, 2.05) is 0 Å². The second-order valence-electron chi connectivity index (χ2n) is 3.39. The molecule has 14 heavy (non-hydrogen) atoms. The van der Waals surface area contributed by atoms with E-state index in [0.717, 1.165) is 0 Å². The van der Waals surface area contributed by atoms with Crippen LogP contribution < -0.4 is 11.5 Å². The minimum atomic E-state index is -0.904. The van der Waals surface area contributed by atoms with E-state index >= 15 is 0 Å². The van der Waals surface area contributed by atoms with Crippen molar-refractivity contribution in [3.05, 3.63) is 23.4 Å². The number of aldehydes is 1. The van der Waals surface area contributed by atoms with E-state index in [1.165, 1.54) is 12.3 Å². The van der Waals surface area contributed by atoms with E-state index in [9.17, 15) is 4.79 Å². The van der Waals surface area contributed by atoms with Gasteiger partial charge in [0.1, 0.15) is 5.82 Å². The van der Waals surface area contributed by atoms with Crippen LogP contribution in [0.25, 0.3) is 0 Å². The molecule has 5 nitrogen and oxygen atoms in total. The zero-order valence-corrected chi connectivity index (χ0v) is 7.90. The third-order valence-electron chi connectivity index (χ3n) is 2.06. The van der Waals surface area contributed by atoms with Crippen LogP contribution in [0.2, 0.25) is 0 Å². The van der Waals surface area contributed by atoms with Crippen LogP contribution in [0.3, 0.4) is 0 Å². The molecule has 0 fully saturated rings. The number of nitrogen functional groups attached to an aromatic ring is 1. The van der Waals surface area contributed by atoms with Gasteiger partial charge in [0.05, 0.1) is 17.7 Å². The van der Waals surface area contributed by atoms with Gasteiger partial charge in [-0.3, -0.25) is 4.79 Å². The van der Waals surface area contributed by atoms with Gasteiger partial charge in [-0.05, 0) is 18.6 Å². The summed E-state index contributed by atoms with van der Waals surface area (Å²) >= 11 is 0. The highest BCUT2D eigenvalue weighted by atomic mass is 16.3. The van der Waals surface area contributed by atoms with Crippen molar-refractivity contribution in [1.82, 2.24) is 4.98 Å². The van der Waals surface area contributed by atoms with Crippen LogP contribution in [0.5, 0.6) is 0 Å². The van der Waals surface area contributed by atoms with E-state index in [0.29, 0.717) is 11.8 Å². The van der Waals surface area contributed by atoms with Crippen molar-refractivity contribution in [2.45, 2.75) is 12.5 Å². The molecule has 1 rings (SSSR count). The molecule has 1 aromatic heterocycles. The number of aromatic nitrogens is 1. The molecule has 0 saturated carbocycles. The van der Waals surface area contributed by atoms with Crippen molar-refractivity contribution in [2.24, 2.45) is 5.73 Å².